The van der Waals surface area contributed by atoms with Crippen LogP contribution in [0.5, 0.6) is 0 Å². The number of carbonyl (C=O) groups is 1. The van der Waals surface area contributed by atoms with Gasteiger partial charge in [0.2, 0.25) is 5.91 Å². The van der Waals surface area contributed by atoms with E-state index in [9.17, 15) is 26.7 Å². The minimum absolute atomic E-state index is 0.0834. The Morgan fingerprint density at radius 2 is 1.74 bits per heavy atom. The highest BCUT2D eigenvalue weighted by molar-refractivity contribution is 5.82. The highest BCUT2D eigenvalue weighted by Crippen LogP contribution is 2.47. The number of nitrogens with zero attached hydrogens (tertiary/aromatic N) is 7. The molecular formula is C22H22F5N7O. The van der Waals surface area contributed by atoms with Crippen LogP contribution in [0, 0.1) is 11.8 Å². The number of amides is 1. The number of hydrogen-bond donors (Lipinski definition) is 0. The Morgan fingerprint density at radius 1 is 1.03 bits per heavy atom. The second-order valence-electron chi connectivity index (χ2n) is 9.57. The first-order valence-electron chi connectivity index (χ1n) is 11.5. The summed E-state index contributed by atoms with van der Waals surface area (Å²) in [7, 11) is 0. The quantitative estimate of drug-likeness (QED) is 0.516. The summed E-state index contributed by atoms with van der Waals surface area (Å²) in [4.78, 5) is 21.4. The van der Waals surface area contributed by atoms with Gasteiger partial charge in [0.1, 0.15) is 11.8 Å². The van der Waals surface area contributed by atoms with E-state index in [0.717, 1.165) is 12.8 Å². The first kappa shape index (κ1) is 22.2. The molecule has 1 aliphatic carbocycles. The summed E-state index contributed by atoms with van der Waals surface area (Å²) in [6.45, 7) is -1.69. The fraction of sp³-hybridized carbons (Fsp3) is 0.545. The van der Waals surface area contributed by atoms with Crippen molar-refractivity contribution in [3.63, 3.8) is 0 Å². The van der Waals surface area contributed by atoms with Crippen molar-refractivity contribution in [1.29, 1.82) is 0 Å². The Kier molecular flexibility index (Phi) is 5.01. The van der Waals surface area contributed by atoms with Gasteiger partial charge in [0.15, 0.2) is 5.82 Å². The summed E-state index contributed by atoms with van der Waals surface area (Å²) < 4.78 is 66.7. The smallest absolute Gasteiger partial charge is 0.351 e. The third-order valence-corrected chi connectivity index (χ3v) is 7.51. The monoisotopic (exact) mass is 495 g/mol. The van der Waals surface area contributed by atoms with Crippen LogP contribution in [0.2, 0.25) is 0 Å². The van der Waals surface area contributed by atoms with Crippen LogP contribution < -0.4 is 4.90 Å². The lowest BCUT2D eigenvalue weighted by Gasteiger charge is -2.45. The highest BCUT2D eigenvalue weighted by atomic mass is 19.4. The summed E-state index contributed by atoms with van der Waals surface area (Å²) in [6, 6.07) is 1.65. The molecule has 2 saturated heterocycles. The van der Waals surface area contributed by atoms with Gasteiger partial charge in [-0.2, -0.15) is 32.1 Å². The molecule has 13 heteroatoms. The Labute approximate surface area is 196 Å². The number of carbonyl (C=O) groups excluding carboxylic acids is 1. The van der Waals surface area contributed by atoms with Crippen LogP contribution in [0.25, 0.3) is 16.6 Å². The zero-order chi connectivity index (χ0) is 24.5. The molecule has 0 N–H and O–H groups in total. The molecule has 0 spiro atoms. The molecule has 2 atom stereocenters. The average molecular weight is 495 g/mol. The van der Waals surface area contributed by atoms with E-state index < -0.39 is 24.6 Å². The second kappa shape index (κ2) is 7.89. The zero-order valence-electron chi connectivity index (χ0n) is 18.4. The van der Waals surface area contributed by atoms with E-state index in [-0.39, 0.29) is 30.8 Å². The number of anilines is 1. The van der Waals surface area contributed by atoms with Crippen LogP contribution in [-0.2, 0) is 4.79 Å². The Balaban J connectivity index is 1.21. The van der Waals surface area contributed by atoms with Crippen molar-refractivity contribution in [3.05, 3.63) is 31.0 Å². The van der Waals surface area contributed by atoms with Crippen molar-refractivity contribution in [2.24, 2.45) is 11.8 Å². The number of hydrogen-bond acceptors (Lipinski definition) is 5. The van der Waals surface area contributed by atoms with Crippen LogP contribution in [0.1, 0.15) is 32.2 Å². The zero-order valence-corrected chi connectivity index (χ0v) is 18.4. The molecule has 0 aromatic carbocycles. The van der Waals surface area contributed by atoms with Gasteiger partial charge in [0.25, 0.3) is 0 Å². The minimum atomic E-state index is -4.24. The number of fused-ring (bicyclic) bond motifs is 3. The molecule has 1 amide bonds. The maximum absolute atomic E-state index is 13.0. The van der Waals surface area contributed by atoms with Crippen molar-refractivity contribution in [1.82, 2.24) is 29.3 Å². The van der Waals surface area contributed by atoms with Gasteiger partial charge in [0, 0.05) is 54.6 Å². The number of rotatable bonds is 4. The molecule has 1 saturated carbocycles. The van der Waals surface area contributed by atoms with Gasteiger partial charge in [0.05, 0.1) is 12.1 Å². The van der Waals surface area contributed by atoms with Gasteiger partial charge in [-0.15, -0.1) is 0 Å². The van der Waals surface area contributed by atoms with Crippen molar-refractivity contribution in [3.8, 4) is 11.1 Å². The molecule has 3 aromatic rings. The number of aromatic nitrogens is 5. The normalized spacial score (nSPS) is 26.6. The van der Waals surface area contributed by atoms with E-state index in [1.165, 1.54) is 18.7 Å². The SMILES string of the molecule is O=C(C1CC(C(F)(F)F)C1)N1[C@H]2CC[C@H]1CN(c1ncnn3cc(-c4cnn(C(F)F)c4)cc13)C2. The van der Waals surface area contributed by atoms with Crippen LogP contribution in [0.15, 0.2) is 31.0 Å². The number of piperazine rings is 1. The molecule has 2 bridgehead atoms. The van der Waals surface area contributed by atoms with Crippen LogP contribution in [0.4, 0.5) is 27.8 Å². The van der Waals surface area contributed by atoms with E-state index in [1.807, 2.05) is 11.0 Å². The van der Waals surface area contributed by atoms with E-state index in [0.29, 0.717) is 40.2 Å². The van der Waals surface area contributed by atoms with Gasteiger partial charge in [-0.1, -0.05) is 0 Å². The van der Waals surface area contributed by atoms with E-state index in [1.54, 1.807) is 10.7 Å². The van der Waals surface area contributed by atoms with Gasteiger partial charge in [-0.05, 0) is 31.7 Å². The first-order chi connectivity index (χ1) is 16.7. The summed E-state index contributed by atoms with van der Waals surface area (Å²) >= 11 is 0. The molecule has 6 rings (SSSR count). The third-order valence-electron chi connectivity index (χ3n) is 7.51. The predicted octanol–water partition coefficient (Wildman–Crippen LogP) is 3.76. The molecule has 5 heterocycles. The first-order valence-corrected chi connectivity index (χ1v) is 11.5. The Bertz CT molecular complexity index is 1250. The molecule has 186 valence electrons. The van der Waals surface area contributed by atoms with Crippen molar-refractivity contribution in [2.45, 2.75) is 50.5 Å². The van der Waals surface area contributed by atoms with Gasteiger partial charge in [-0.25, -0.2) is 14.2 Å². The van der Waals surface area contributed by atoms with Crippen molar-refractivity contribution >= 4 is 17.2 Å². The van der Waals surface area contributed by atoms with E-state index in [2.05, 4.69) is 20.1 Å². The number of halogens is 5. The lowest BCUT2D eigenvalue weighted by atomic mass is 9.73. The molecule has 3 fully saturated rings. The standard InChI is InChI=1S/C22H22F5N7O/c23-21(24)33-8-14(6-29-33)13-5-18-19(28-11-30-32(18)7-13)31-9-16-1-2-17(10-31)34(16)20(35)12-3-15(4-12)22(25,26)27/h5-8,11-12,15-17,21H,1-4,9-10H2/t12?,15?,16-,17-/m0/s1. The van der Waals surface area contributed by atoms with Gasteiger partial charge in [-0.3, -0.25) is 4.79 Å². The molecular weight excluding hydrogens is 473 g/mol. The Morgan fingerprint density at radius 3 is 2.37 bits per heavy atom. The van der Waals surface area contributed by atoms with E-state index in [4.69, 9.17) is 0 Å². The molecule has 35 heavy (non-hydrogen) atoms. The van der Waals surface area contributed by atoms with Crippen molar-refractivity contribution in [2.75, 3.05) is 18.0 Å². The largest absolute Gasteiger partial charge is 0.391 e. The Hall–Kier alpha value is -3.25. The minimum Gasteiger partial charge on any atom is -0.351 e. The molecule has 0 radical (unpaired) electrons. The van der Waals surface area contributed by atoms with Crippen LogP contribution in [-0.4, -0.2) is 66.5 Å². The number of alkyl halides is 5. The van der Waals surface area contributed by atoms with Gasteiger partial charge < -0.3 is 9.80 Å². The summed E-state index contributed by atoms with van der Waals surface area (Å²) in [5.41, 5.74) is 1.88. The summed E-state index contributed by atoms with van der Waals surface area (Å²) in [6.07, 6.45) is 2.87. The average Bonchev–Trinajstić information content (AvgIpc) is 3.47. The third kappa shape index (κ3) is 3.71. The molecule has 8 nitrogen and oxygen atoms in total. The highest BCUT2D eigenvalue weighted by Gasteiger charge is 2.53. The van der Waals surface area contributed by atoms with Crippen LogP contribution in [0.3, 0.4) is 0 Å². The second-order valence-corrected chi connectivity index (χ2v) is 9.57. The molecule has 2 aliphatic heterocycles. The van der Waals surface area contributed by atoms with Crippen molar-refractivity contribution < 1.29 is 26.7 Å². The van der Waals surface area contributed by atoms with Gasteiger partial charge >= 0.3 is 12.7 Å². The maximum Gasteiger partial charge on any atom is 0.391 e. The summed E-state index contributed by atoms with van der Waals surface area (Å²) in [5, 5.41) is 7.92. The molecule has 0 unspecified atom stereocenters. The molecule has 3 aliphatic rings. The maximum atomic E-state index is 13.0. The van der Waals surface area contributed by atoms with E-state index >= 15 is 0 Å². The molecule has 3 aromatic heterocycles. The summed E-state index contributed by atoms with van der Waals surface area (Å²) in [5.74, 6) is -1.42. The lowest BCUT2D eigenvalue weighted by Crippen LogP contribution is -2.59. The predicted molar refractivity (Wildman–Crippen MR) is 114 cm³/mol. The lowest BCUT2D eigenvalue weighted by molar-refractivity contribution is -0.207. The fourth-order valence-corrected chi connectivity index (χ4v) is 5.65. The topological polar surface area (TPSA) is 71.6 Å². The van der Waals surface area contributed by atoms with Crippen LogP contribution >= 0.6 is 0 Å². The fourth-order valence-electron chi connectivity index (χ4n) is 5.65.